The van der Waals surface area contributed by atoms with Crippen LogP contribution >= 0.6 is 0 Å². The Labute approximate surface area is 98.9 Å². The van der Waals surface area contributed by atoms with Crippen LogP contribution in [0.1, 0.15) is 38.4 Å². The van der Waals surface area contributed by atoms with Gasteiger partial charge >= 0.3 is 0 Å². The van der Waals surface area contributed by atoms with E-state index in [9.17, 15) is 5.11 Å². The van der Waals surface area contributed by atoms with E-state index in [0.717, 1.165) is 38.0 Å². The van der Waals surface area contributed by atoms with E-state index in [1.165, 1.54) is 0 Å². The average Bonchev–Trinajstić information content (AvgIpc) is 2.35. The van der Waals surface area contributed by atoms with Crippen molar-refractivity contribution in [2.45, 2.75) is 32.8 Å². The molecule has 16 heavy (non-hydrogen) atoms. The summed E-state index contributed by atoms with van der Waals surface area (Å²) >= 11 is 0. The second-order valence-electron chi connectivity index (χ2n) is 4.10. The molecule has 0 radical (unpaired) electrons. The molecule has 2 nitrogen and oxygen atoms in total. The molecule has 90 valence electrons. The number of aliphatic hydroxyl groups excluding tert-OH is 1. The maximum Gasteiger partial charge on any atom is 0.0790 e. The monoisotopic (exact) mass is 221 g/mol. The molecule has 1 rings (SSSR count). The summed E-state index contributed by atoms with van der Waals surface area (Å²) in [6, 6.07) is 9.90. The lowest BCUT2D eigenvalue weighted by molar-refractivity contribution is 0.156. The second kappa shape index (κ2) is 7.42. The van der Waals surface area contributed by atoms with Gasteiger partial charge in [-0.1, -0.05) is 44.2 Å². The highest BCUT2D eigenvalue weighted by Crippen LogP contribution is 2.17. The first-order valence-electron chi connectivity index (χ1n) is 6.23. The fraction of sp³-hybridized carbons (Fsp3) is 0.571. The van der Waals surface area contributed by atoms with Crippen molar-refractivity contribution in [1.82, 2.24) is 4.90 Å². The SMILES string of the molecule is CCN(CC)CCCC(O)c1ccccc1. The number of hydrogen-bond donors (Lipinski definition) is 1. The van der Waals surface area contributed by atoms with Crippen LogP contribution in [-0.2, 0) is 0 Å². The van der Waals surface area contributed by atoms with Crippen molar-refractivity contribution >= 4 is 0 Å². The summed E-state index contributed by atoms with van der Waals surface area (Å²) < 4.78 is 0. The summed E-state index contributed by atoms with van der Waals surface area (Å²) in [4.78, 5) is 2.39. The first-order chi connectivity index (χ1) is 7.77. The van der Waals surface area contributed by atoms with Crippen LogP contribution in [0.5, 0.6) is 0 Å². The predicted molar refractivity (Wildman–Crippen MR) is 68.4 cm³/mol. The third kappa shape index (κ3) is 4.33. The molecule has 1 atom stereocenters. The standard InChI is InChI=1S/C14H23NO/c1-3-15(4-2)12-8-11-14(16)13-9-6-5-7-10-13/h5-7,9-10,14,16H,3-4,8,11-12H2,1-2H3. The Morgan fingerprint density at radius 2 is 1.75 bits per heavy atom. The van der Waals surface area contributed by atoms with Gasteiger partial charge in [-0.15, -0.1) is 0 Å². The molecular formula is C14H23NO. The molecule has 0 aliphatic rings. The van der Waals surface area contributed by atoms with E-state index in [2.05, 4.69) is 18.7 Å². The zero-order valence-electron chi connectivity index (χ0n) is 10.4. The highest BCUT2D eigenvalue weighted by molar-refractivity contribution is 5.16. The maximum absolute atomic E-state index is 9.96. The molecule has 0 aliphatic heterocycles. The van der Waals surface area contributed by atoms with Crippen molar-refractivity contribution < 1.29 is 5.11 Å². The number of hydrogen-bond acceptors (Lipinski definition) is 2. The lowest BCUT2D eigenvalue weighted by atomic mass is 10.1. The van der Waals surface area contributed by atoms with E-state index >= 15 is 0 Å². The van der Waals surface area contributed by atoms with Crippen molar-refractivity contribution in [2.24, 2.45) is 0 Å². The minimum Gasteiger partial charge on any atom is -0.388 e. The van der Waals surface area contributed by atoms with Gasteiger partial charge in [0.2, 0.25) is 0 Å². The molecule has 0 saturated carbocycles. The smallest absolute Gasteiger partial charge is 0.0790 e. The Kier molecular flexibility index (Phi) is 6.12. The van der Waals surface area contributed by atoms with Gasteiger partial charge in [-0.05, 0) is 38.0 Å². The van der Waals surface area contributed by atoms with Crippen molar-refractivity contribution in [3.8, 4) is 0 Å². The van der Waals surface area contributed by atoms with Gasteiger partial charge in [-0.3, -0.25) is 0 Å². The first kappa shape index (κ1) is 13.2. The van der Waals surface area contributed by atoms with E-state index in [0.29, 0.717) is 0 Å². The molecular weight excluding hydrogens is 198 g/mol. The molecule has 0 spiro atoms. The van der Waals surface area contributed by atoms with E-state index in [-0.39, 0.29) is 6.10 Å². The largest absolute Gasteiger partial charge is 0.388 e. The van der Waals surface area contributed by atoms with Crippen molar-refractivity contribution in [3.63, 3.8) is 0 Å². The van der Waals surface area contributed by atoms with E-state index in [4.69, 9.17) is 0 Å². The average molecular weight is 221 g/mol. The van der Waals surface area contributed by atoms with Crippen LogP contribution in [0.4, 0.5) is 0 Å². The molecule has 0 bridgehead atoms. The van der Waals surface area contributed by atoms with Crippen molar-refractivity contribution in [2.75, 3.05) is 19.6 Å². The number of aliphatic hydroxyl groups is 1. The highest BCUT2D eigenvalue weighted by atomic mass is 16.3. The molecule has 0 aromatic heterocycles. The molecule has 0 saturated heterocycles. The minimum absolute atomic E-state index is 0.309. The van der Waals surface area contributed by atoms with Gasteiger partial charge in [0, 0.05) is 0 Å². The molecule has 0 amide bonds. The van der Waals surface area contributed by atoms with Crippen LogP contribution in [0.2, 0.25) is 0 Å². The zero-order valence-corrected chi connectivity index (χ0v) is 10.4. The summed E-state index contributed by atoms with van der Waals surface area (Å²) in [6.07, 6.45) is 1.59. The highest BCUT2D eigenvalue weighted by Gasteiger charge is 2.07. The van der Waals surface area contributed by atoms with Crippen LogP contribution in [0.25, 0.3) is 0 Å². The summed E-state index contributed by atoms with van der Waals surface area (Å²) in [5.74, 6) is 0. The van der Waals surface area contributed by atoms with Gasteiger partial charge < -0.3 is 10.0 Å². The number of rotatable bonds is 7. The van der Waals surface area contributed by atoms with Crippen LogP contribution < -0.4 is 0 Å². The fourth-order valence-corrected chi connectivity index (χ4v) is 1.89. The van der Waals surface area contributed by atoms with Gasteiger partial charge in [0.1, 0.15) is 0 Å². The molecule has 0 heterocycles. The van der Waals surface area contributed by atoms with Crippen LogP contribution in [-0.4, -0.2) is 29.6 Å². The lowest BCUT2D eigenvalue weighted by Gasteiger charge is -2.18. The molecule has 1 aromatic carbocycles. The molecule has 1 N–H and O–H groups in total. The summed E-state index contributed by atoms with van der Waals surface area (Å²) in [5.41, 5.74) is 1.03. The quantitative estimate of drug-likeness (QED) is 0.765. The Morgan fingerprint density at radius 3 is 2.31 bits per heavy atom. The molecule has 1 aromatic rings. The van der Waals surface area contributed by atoms with Crippen LogP contribution in [0.3, 0.4) is 0 Å². The van der Waals surface area contributed by atoms with Gasteiger partial charge in [0.25, 0.3) is 0 Å². The topological polar surface area (TPSA) is 23.5 Å². The van der Waals surface area contributed by atoms with Crippen molar-refractivity contribution in [1.29, 1.82) is 0 Å². The Morgan fingerprint density at radius 1 is 1.12 bits per heavy atom. The second-order valence-corrected chi connectivity index (χ2v) is 4.10. The van der Waals surface area contributed by atoms with Crippen LogP contribution in [0.15, 0.2) is 30.3 Å². The van der Waals surface area contributed by atoms with E-state index in [1.54, 1.807) is 0 Å². The van der Waals surface area contributed by atoms with Gasteiger partial charge in [0.05, 0.1) is 6.10 Å². The van der Waals surface area contributed by atoms with E-state index in [1.807, 2.05) is 30.3 Å². The van der Waals surface area contributed by atoms with E-state index < -0.39 is 0 Å². The summed E-state index contributed by atoms with van der Waals surface area (Å²) in [5, 5.41) is 9.96. The number of benzene rings is 1. The molecule has 1 unspecified atom stereocenters. The van der Waals surface area contributed by atoms with Crippen LogP contribution in [0, 0.1) is 0 Å². The predicted octanol–water partition coefficient (Wildman–Crippen LogP) is 2.84. The maximum atomic E-state index is 9.96. The summed E-state index contributed by atoms with van der Waals surface area (Å²) in [7, 11) is 0. The Hall–Kier alpha value is -0.860. The number of nitrogens with zero attached hydrogens (tertiary/aromatic N) is 1. The summed E-state index contributed by atoms with van der Waals surface area (Å²) in [6.45, 7) is 7.63. The fourth-order valence-electron chi connectivity index (χ4n) is 1.89. The zero-order chi connectivity index (χ0) is 11.8. The Balaban J connectivity index is 2.28. The lowest BCUT2D eigenvalue weighted by Crippen LogP contribution is -2.24. The normalized spacial score (nSPS) is 13.0. The van der Waals surface area contributed by atoms with Gasteiger partial charge in [0.15, 0.2) is 0 Å². The molecule has 0 fully saturated rings. The minimum atomic E-state index is -0.309. The van der Waals surface area contributed by atoms with Crippen molar-refractivity contribution in [3.05, 3.63) is 35.9 Å². The first-order valence-corrected chi connectivity index (χ1v) is 6.23. The molecule has 2 heteroatoms. The van der Waals surface area contributed by atoms with Gasteiger partial charge in [-0.25, -0.2) is 0 Å². The Bertz CT molecular complexity index is 269. The third-order valence-corrected chi connectivity index (χ3v) is 3.03. The molecule has 0 aliphatic carbocycles. The van der Waals surface area contributed by atoms with Gasteiger partial charge in [-0.2, -0.15) is 0 Å². The third-order valence-electron chi connectivity index (χ3n) is 3.03.